The van der Waals surface area contributed by atoms with Gasteiger partial charge in [0, 0.05) is 25.6 Å². The molecule has 1 fully saturated rings. The number of carbonyl (C=O) groups is 3. The van der Waals surface area contributed by atoms with E-state index in [-0.39, 0.29) is 24.2 Å². The molecule has 0 aromatic rings. The third-order valence-corrected chi connectivity index (χ3v) is 3.75. The predicted octanol–water partition coefficient (Wildman–Crippen LogP) is -0.656. The monoisotopic (exact) mass is 298 g/mol. The van der Waals surface area contributed by atoms with E-state index in [9.17, 15) is 14.4 Å². The summed E-state index contributed by atoms with van der Waals surface area (Å²) in [5.74, 6) is -0.824. The fourth-order valence-electron chi connectivity index (χ4n) is 2.43. The fourth-order valence-corrected chi connectivity index (χ4v) is 2.43. The van der Waals surface area contributed by atoms with Gasteiger partial charge < -0.3 is 21.7 Å². The summed E-state index contributed by atoms with van der Waals surface area (Å²) in [6.07, 6.45) is 3.15. The summed E-state index contributed by atoms with van der Waals surface area (Å²) < 4.78 is 0. The number of rotatable bonds is 7. The lowest BCUT2D eigenvalue weighted by molar-refractivity contribution is -0.137. The van der Waals surface area contributed by atoms with Crippen LogP contribution in [-0.4, -0.2) is 48.3 Å². The molecule has 1 heterocycles. The summed E-state index contributed by atoms with van der Waals surface area (Å²) >= 11 is 0. The highest BCUT2D eigenvalue weighted by atomic mass is 16.2. The molecule has 0 aliphatic carbocycles. The minimum atomic E-state index is -0.877. The number of unbranched alkanes of at least 4 members (excludes halogenated alkanes) is 1. The van der Waals surface area contributed by atoms with Crippen LogP contribution in [0.2, 0.25) is 0 Å². The Bertz CT molecular complexity index is 378. The van der Waals surface area contributed by atoms with E-state index in [1.165, 1.54) is 0 Å². The van der Waals surface area contributed by atoms with Gasteiger partial charge in [0.15, 0.2) is 0 Å². The summed E-state index contributed by atoms with van der Waals surface area (Å²) in [5, 5.41) is 2.92. The van der Waals surface area contributed by atoms with E-state index in [4.69, 9.17) is 11.5 Å². The maximum atomic E-state index is 12.0. The molecular weight excluding hydrogens is 272 g/mol. The summed E-state index contributed by atoms with van der Waals surface area (Å²) in [6, 6.07) is -0.877. The molecule has 0 saturated carbocycles. The molecule has 7 heteroatoms. The number of nitrogens with zero attached hydrogens (tertiary/aromatic N) is 1. The van der Waals surface area contributed by atoms with Crippen LogP contribution in [0.5, 0.6) is 0 Å². The van der Waals surface area contributed by atoms with Crippen LogP contribution in [0.1, 0.15) is 39.0 Å². The number of carbonyl (C=O) groups excluding carboxylic acids is 3. The highest BCUT2D eigenvalue weighted by Crippen LogP contribution is 2.18. The SMILES string of the molecule is CCCCNC(=O)C1CCN(C(=O)C(N)CC(N)=O)CC1. The fraction of sp³-hybridized carbons (Fsp3) is 0.786. The Morgan fingerprint density at radius 3 is 2.43 bits per heavy atom. The maximum absolute atomic E-state index is 12.0. The first-order valence-corrected chi connectivity index (χ1v) is 7.56. The van der Waals surface area contributed by atoms with Gasteiger partial charge in [-0.15, -0.1) is 0 Å². The number of nitrogens with one attached hydrogen (secondary N) is 1. The van der Waals surface area contributed by atoms with Crippen LogP contribution in [0.15, 0.2) is 0 Å². The van der Waals surface area contributed by atoms with Crippen molar-refractivity contribution in [1.29, 1.82) is 0 Å². The van der Waals surface area contributed by atoms with Gasteiger partial charge in [0.05, 0.1) is 12.5 Å². The van der Waals surface area contributed by atoms with E-state index >= 15 is 0 Å². The third kappa shape index (κ3) is 5.71. The molecule has 5 N–H and O–H groups in total. The summed E-state index contributed by atoms with van der Waals surface area (Å²) in [7, 11) is 0. The lowest BCUT2D eigenvalue weighted by atomic mass is 9.95. The van der Waals surface area contributed by atoms with Crippen LogP contribution in [-0.2, 0) is 14.4 Å². The second-order valence-corrected chi connectivity index (χ2v) is 5.52. The minimum absolute atomic E-state index is 0.0433. The number of hydrogen-bond donors (Lipinski definition) is 3. The lowest BCUT2D eigenvalue weighted by Crippen LogP contribution is -2.49. The topological polar surface area (TPSA) is 119 Å². The van der Waals surface area contributed by atoms with Gasteiger partial charge in [0.25, 0.3) is 0 Å². The predicted molar refractivity (Wildman–Crippen MR) is 79.0 cm³/mol. The van der Waals surface area contributed by atoms with Gasteiger partial charge in [-0.2, -0.15) is 0 Å². The molecule has 0 spiro atoms. The van der Waals surface area contributed by atoms with E-state index in [1.54, 1.807) is 4.90 Å². The molecule has 1 saturated heterocycles. The average Bonchev–Trinajstić information content (AvgIpc) is 2.46. The van der Waals surface area contributed by atoms with Crippen molar-refractivity contribution in [2.24, 2.45) is 17.4 Å². The molecule has 1 unspecified atom stereocenters. The van der Waals surface area contributed by atoms with Crippen molar-refractivity contribution in [3.63, 3.8) is 0 Å². The maximum Gasteiger partial charge on any atom is 0.240 e. The third-order valence-electron chi connectivity index (χ3n) is 3.75. The van der Waals surface area contributed by atoms with Crippen molar-refractivity contribution in [2.75, 3.05) is 19.6 Å². The number of hydrogen-bond acceptors (Lipinski definition) is 4. The summed E-state index contributed by atoms with van der Waals surface area (Å²) in [4.78, 5) is 36.3. The number of piperidine rings is 1. The van der Waals surface area contributed by atoms with Crippen molar-refractivity contribution >= 4 is 17.7 Å². The Kier molecular flexibility index (Phi) is 7.14. The Morgan fingerprint density at radius 2 is 1.90 bits per heavy atom. The highest BCUT2D eigenvalue weighted by molar-refractivity contribution is 5.87. The smallest absolute Gasteiger partial charge is 0.240 e. The van der Waals surface area contributed by atoms with Crippen LogP contribution in [0.3, 0.4) is 0 Å². The van der Waals surface area contributed by atoms with Gasteiger partial charge in [-0.05, 0) is 19.3 Å². The van der Waals surface area contributed by atoms with Crippen molar-refractivity contribution in [3.8, 4) is 0 Å². The van der Waals surface area contributed by atoms with Crippen LogP contribution in [0, 0.1) is 5.92 Å². The molecule has 1 aliphatic rings. The first-order valence-electron chi connectivity index (χ1n) is 7.56. The number of nitrogens with two attached hydrogens (primary N) is 2. The van der Waals surface area contributed by atoms with Crippen LogP contribution in [0.4, 0.5) is 0 Å². The summed E-state index contributed by atoms with van der Waals surface area (Å²) in [5.41, 5.74) is 10.7. The van der Waals surface area contributed by atoms with Gasteiger partial charge in [-0.25, -0.2) is 0 Å². The van der Waals surface area contributed by atoms with Gasteiger partial charge in [0.2, 0.25) is 17.7 Å². The molecule has 120 valence electrons. The lowest BCUT2D eigenvalue weighted by Gasteiger charge is -2.32. The molecule has 1 aliphatic heterocycles. The Morgan fingerprint density at radius 1 is 1.29 bits per heavy atom. The van der Waals surface area contributed by atoms with Gasteiger partial charge >= 0.3 is 0 Å². The van der Waals surface area contributed by atoms with Crippen LogP contribution >= 0.6 is 0 Å². The normalized spacial score (nSPS) is 17.3. The average molecular weight is 298 g/mol. The Hall–Kier alpha value is -1.63. The zero-order valence-electron chi connectivity index (χ0n) is 12.6. The zero-order valence-corrected chi connectivity index (χ0v) is 12.6. The van der Waals surface area contributed by atoms with Crippen LogP contribution in [0.25, 0.3) is 0 Å². The van der Waals surface area contributed by atoms with E-state index in [0.29, 0.717) is 32.5 Å². The molecule has 7 nitrogen and oxygen atoms in total. The summed E-state index contributed by atoms with van der Waals surface area (Å²) in [6.45, 7) is 3.78. The first kappa shape index (κ1) is 17.4. The zero-order chi connectivity index (χ0) is 15.8. The molecule has 0 aromatic heterocycles. The van der Waals surface area contributed by atoms with E-state index in [2.05, 4.69) is 12.2 Å². The highest BCUT2D eigenvalue weighted by Gasteiger charge is 2.29. The van der Waals surface area contributed by atoms with Crippen molar-refractivity contribution < 1.29 is 14.4 Å². The Labute approximate surface area is 125 Å². The second kappa shape index (κ2) is 8.61. The van der Waals surface area contributed by atoms with Gasteiger partial charge in [-0.1, -0.05) is 13.3 Å². The molecule has 0 radical (unpaired) electrons. The molecule has 3 amide bonds. The standard InChI is InChI=1S/C14H26N4O3/c1-2-3-6-17-13(20)10-4-7-18(8-5-10)14(21)11(15)9-12(16)19/h10-11H,2-9,15H2,1H3,(H2,16,19)(H,17,20). The number of primary amides is 1. The molecule has 0 bridgehead atoms. The van der Waals surface area contributed by atoms with Crippen molar-refractivity contribution in [1.82, 2.24) is 10.2 Å². The molecule has 1 atom stereocenters. The quantitative estimate of drug-likeness (QED) is 0.541. The molecular formula is C14H26N4O3. The van der Waals surface area contributed by atoms with E-state index in [1.807, 2.05) is 0 Å². The molecule has 0 aromatic carbocycles. The minimum Gasteiger partial charge on any atom is -0.370 e. The molecule has 21 heavy (non-hydrogen) atoms. The molecule has 1 rings (SSSR count). The van der Waals surface area contributed by atoms with E-state index in [0.717, 1.165) is 12.8 Å². The first-order chi connectivity index (χ1) is 9.95. The van der Waals surface area contributed by atoms with Gasteiger partial charge in [0.1, 0.15) is 0 Å². The van der Waals surface area contributed by atoms with Crippen molar-refractivity contribution in [2.45, 2.75) is 45.1 Å². The largest absolute Gasteiger partial charge is 0.370 e. The number of likely N-dealkylation sites (tertiary alicyclic amines) is 1. The van der Waals surface area contributed by atoms with Gasteiger partial charge in [-0.3, -0.25) is 14.4 Å². The second-order valence-electron chi connectivity index (χ2n) is 5.52. The van der Waals surface area contributed by atoms with E-state index < -0.39 is 11.9 Å². The Balaban J connectivity index is 2.36. The number of amides is 3. The van der Waals surface area contributed by atoms with Crippen LogP contribution < -0.4 is 16.8 Å². The van der Waals surface area contributed by atoms with Crippen molar-refractivity contribution in [3.05, 3.63) is 0 Å².